The molecule has 2 rings (SSSR count). The molecular weight excluding hydrogens is 326 g/mol. The van der Waals surface area contributed by atoms with Crippen molar-refractivity contribution in [2.24, 2.45) is 5.92 Å². The molecular formula is C17H22N3O3S+. The molecule has 0 saturated carbocycles. The number of aromatic amines is 1. The van der Waals surface area contributed by atoms with E-state index in [1.165, 1.54) is 11.8 Å². The van der Waals surface area contributed by atoms with Crippen molar-refractivity contribution in [1.29, 1.82) is 0 Å². The minimum Gasteiger partial charge on any atom is -0.478 e. The van der Waals surface area contributed by atoms with Gasteiger partial charge in [-0.1, -0.05) is 26.0 Å². The summed E-state index contributed by atoms with van der Waals surface area (Å²) in [7, 11) is 0. The lowest BCUT2D eigenvalue weighted by Gasteiger charge is -2.09. The van der Waals surface area contributed by atoms with Crippen LogP contribution in [0.4, 0.5) is 5.69 Å². The molecule has 0 spiro atoms. The molecule has 24 heavy (non-hydrogen) atoms. The van der Waals surface area contributed by atoms with Gasteiger partial charge in [0.25, 0.3) is 5.88 Å². The van der Waals surface area contributed by atoms with Crippen LogP contribution in [-0.4, -0.2) is 21.8 Å². The van der Waals surface area contributed by atoms with Gasteiger partial charge in [-0.3, -0.25) is 4.79 Å². The SMILES string of the molecule is Cc1cccc(NC(=O)CSc2[nH]c(=O)cc(O)[n+]2CC(C)C)c1. The Hall–Kier alpha value is -2.28. The van der Waals surface area contributed by atoms with Crippen LogP contribution in [0, 0.1) is 12.8 Å². The number of aromatic nitrogens is 2. The van der Waals surface area contributed by atoms with Crippen molar-refractivity contribution in [3.8, 4) is 5.88 Å². The molecule has 2 aromatic rings. The molecule has 128 valence electrons. The van der Waals surface area contributed by atoms with Crippen LogP contribution < -0.4 is 15.4 Å². The number of rotatable bonds is 6. The highest BCUT2D eigenvalue weighted by Gasteiger charge is 2.19. The number of aromatic hydroxyl groups is 1. The highest BCUT2D eigenvalue weighted by molar-refractivity contribution is 7.99. The molecule has 1 aromatic heterocycles. The molecule has 0 fully saturated rings. The molecule has 0 atom stereocenters. The smallest absolute Gasteiger partial charge is 0.339 e. The highest BCUT2D eigenvalue weighted by atomic mass is 32.2. The first-order valence-corrected chi connectivity index (χ1v) is 8.69. The second-order valence-electron chi connectivity index (χ2n) is 6.01. The predicted molar refractivity (Wildman–Crippen MR) is 94.3 cm³/mol. The highest BCUT2D eigenvalue weighted by Crippen LogP contribution is 2.15. The standard InChI is InChI=1S/C17H21N3O3S/c1-11(2)9-20-16(23)8-14(21)19-17(20)24-10-15(22)18-13-6-4-5-12(3)7-13/h4-8,11H,9-10H2,1-3H3,(H2,18,21,22,23)/p+1. The van der Waals surface area contributed by atoms with Gasteiger partial charge in [0.05, 0.1) is 12.3 Å². The molecule has 0 radical (unpaired) electrons. The minimum atomic E-state index is -0.394. The molecule has 7 heteroatoms. The fourth-order valence-corrected chi connectivity index (χ4v) is 3.05. The lowest BCUT2D eigenvalue weighted by molar-refractivity contribution is -0.746. The van der Waals surface area contributed by atoms with Gasteiger partial charge < -0.3 is 10.4 Å². The number of nitrogens with zero attached hydrogens (tertiary/aromatic N) is 1. The Morgan fingerprint density at radius 1 is 1.38 bits per heavy atom. The van der Waals surface area contributed by atoms with Crippen LogP contribution in [0.25, 0.3) is 0 Å². The molecule has 0 aliphatic heterocycles. The largest absolute Gasteiger partial charge is 0.478 e. The van der Waals surface area contributed by atoms with Crippen LogP contribution in [0.5, 0.6) is 5.88 Å². The normalized spacial score (nSPS) is 10.8. The Morgan fingerprint density at radius 2 is 2.12 bits per heavy atom. The van der Waals surface area contributed by atoms with E-state index in [1.807, 2.05) is 45.0 Å². The molecule has 0 bridgehead atoms. The number of hydrogen-bond donors (Lipinski definition) is 3. The molecule has 6 nitrogen and oxygen atoms in total. The van der Waals surface area contributed by atoms with Gasteiger partial charge in [-0.15, -0.1) is 0 Å². The summed E-state index contributed by atoms with van der Waals surface area (Å²) < 4.78 is 1.61. The van der Waals surface area contributed by atoms with Crippen molar-refractivity contribution in [3.05, 3.63) is 46.2 Å². The van der Waals surface area contributed by atoms with Crippen molar-refractivity contribution in [2.45, 2.75) is 32.5 Å². The molecule has 0 aliphatic rings. The number of H-pyrrole nitrogens is 1. The first-order valence-electron chi connectivity index (χ1n) is 7.70. The number of aryl methyl sites for hydroxylation is 1. The topological polar surface area (TPSA) is 86.1 Å². The fraction of sp³-hybridized carbons (Fsp3) is 0.353. The Balaban J connectivity index is 2.08. The van der Waals surface area contributed by atoms with E-state index in [4.69, 9.17) is 0 Å². The molecule has 3 N–H and O–H groups in total. The minimum absolute atomic E-state index is 0.103. The first-order chi connectivity index (χ1) is 11.3. The number of carbonyl (C=O) groups excluding carboxylic acids is 1. The van der Waals surface area contributed by atoms with Gasteiger partial charge in [0, 0.05) is 5.69 Å². The van der Waals surface area contributed by atoms with Crippen LogP contribution in [0.15, 0.2) is 40.3 Å². The zero-order valence-electron chi connectivity index (χ0n) is 14.0. The number of nitrogens with one attached hydrogen (secondary N) is 2. The van der Waals surface area contributed by atoms with Crippen LogP contribution in [-0.2, 0) is 11.3 Å². The van der Waals surface area contributed by atoms with Crippen LogP contribution in [0.1, 0.15) is 19.4 Å². The molecule has 1 heterocycles. The van der Waals surface area contributed by atoms with Crippen molar-refractivity contribution in [1.82, 2.24) is 4.98 Å². The van der Waals surface area contributed by atoms with Gasteiger partial charge >= 0.3 is 10.7 Å². The quantitative estimate of drug-likeness (QED) is 0.424. The van der Waals surface area contributed by atoms with E-state index in [-0.39, 0.29) is 23.5 Å². The summed E-state index contributed by atoms with van der Waals surface area (Å²) in [5.74, 6) is 0.137. The average molecular weight is 348 g/mol. The third kappa shape index (κ3) is 5.13. The number of hydrogen-bond acceptors (Lipinski definition) is 4. The maximum atomic E-state index is 12.1. The summed E-state index contributed by atoms with van der Waals surface area (Å²) in [5, 5.41) is 13.3. The van der Waals surface area contributed by atoms with Crippen LogP contribution in [0.3, 0.4) is 0 Å². The summed E-state index contributed by atoms with van der Waals surface area (Å²) in [6.45, 7) is 6.52. The van der Waals surface area contributed by atoms with E-state index < -0.39 is 5.56 Å². The van der Waals surface area contributed by atoms with Gasteiger partial charge in [-0.05, 0) is 42.3 Å². The summed E-state index contributed by atoms with van der Waals surface area (Å²) in [4.78, 5) is 26.4. The Kier molecular flexibility index (Phi) is 6.03. The Morgan fingerprint density at radius 3 is 2.79 bits per heavy atom. The van der Waals surface area contributed by atoms with Crippen LogP contribution in [0.2, 0.25) is 0 Å². The van der Waals surface area contributed by atoms with Gasteiger partial charge in [0.1, 0.15) is 6.07 Å². The van der Waals surface area contributed by atoms with E-state index in [2.05, 4.69) is 10.3 Å². The number of benzene rings is 1. The Labute approximate surface area is 144 Å². The number of thioether (sulfide) groups is 1. The van der Waals surface area contributed by atoms with E-state index in [0.717, 1.165) is 17.3 Å². The lowest BCUT2D eigenvalue weighted by Crippen LogP contribution is -2.42. The summed E-state index contributed by atoms with van der Waals surface area (Å²) in [5.41, 5.74) is 1.40. The molecule has 1 aromatic carbocycles. The van der Waals surface area contributed by atoms with Crippen LogP contribution >= 0.6 is 11.8 Å². The monoisotopic (exact) mass is 348 g/mol. The molecule has 0 unspecified atom stereocenters. The van der Waals surface area contributed by atoms with Gasteiger partial charge in [0.2, 0.25) is 5.91 Å². The summed E-state index contributed by atoms with van der Waals surface area (Å²) >= 11 is 1.18. The summed E-state index contributed by atoms with van der Waals surface area (Å²) in [6.07, 6.45) is 0. The van der Waals surface area contributed by atoms with Crippen molar-refractivity contribution < 1.29 is 14.5 Å². The van der Waals surface area contributed by atoms with E-state index in [9.17, 15) is 14.7 Å². The molecule has 0 saturated heterocycles. The lowest BCUT2D eigenvalue weighted by atomic mass is 10.2. The zero-order chi connectivity index (χ0) is 17.7. The molecule has 1 amide bonds. The predicted octanol–water partition coefficient (Wildman–Crippen LogP) is 2.06. The third-order valence-electron chi connectivity index (χ3n) is 3.20. The Bertz CT molecular complexity index is 787. The third-order valence-corrected chi connectivity index (χ3v) is 4.20. The van der Waals surface area contributed by atoms with Crippen molar-refractivity contribution in [2.75, 3.05) is 11.1 Å². The van der Waals surface area contributed by atoms with Crippen molar-refractivity contribution in [3.63, 3.8) is 0 Å². The average Bonchev–Trinajstić information content (AvgIpc) is 2.48. The van der Waals surface area contributed by atoms with E-state index in [0.29, 0.717) is 11.7 Å². The van der Waals surface area contributed by atoms with E-state index >= 15 is 0 Å². The second kappa shape index (κ2) is 8.01. The maximum Gasteiger partial charge on any atom is 0.339 e. The van der Waals surface area contributed by atoms with Gasteiger partial charge in [0.15, 0.2) is 0 Å². The number of amides is 1. The number of carbonyl (C=O) groups is 1. The fourth-order valence-electron chi connectivity index (χ4n) is 2.22. The number of anilines is 1. The summed E-state index contributed by atoms with van der Waals surface area (Å²) in [6, 6.07) is 8.68. The zero-order valence-corrected chi connectivity index (χ0v) is 14.8. The van der Waals surface area contributed by atoms with E-state index in [1.54, 1.807) is 4.57 Å². The van der Waals surface area contributed by atoms with Gasteiger partial charge in [-0.2, -0.15) is 4.57 Å². The van der Waals surface area contributed by atoms with Crippen molar-refractivity contribution >= 4 is 23.4 Å². The first kappa shape index (κ1) is 18.1. The van der Waals surface area contributed by atoms with Gasteiger partial charge in [-0.25, -0.2) is 9.78 Å². The molecule has 0 aliphatic carbocycles. The maximum absolute atomic E-state index is 12.1. The second-order valence-corrected chi connectivity index (χ2v) is 6.97.